The molecule has 0 aliphatic heterocycles. The maximum absolute atomic E-state index is 6.28. The summed E-state index contributed by atoms with van der Waals surface area (Å²) < 4.78 is 1.89. The Kier molecular flexibility index (Phi) is 3.72. The molecule has 0 N–H and O–H groups in total. The summed E-state index contributed by atoms with van der Waals surface area (Å²) in [6.45, 7) is 0. The van der Waals surface area contributed by atoms with E-state index in [-0.39, 0.29) is 5.88 Å². The lowest BCUT2D eigenvalue weighted by Crippen LogP contribution is -2.02. The summed E-state index contributed by atoms with van der Waals surface area (Å²) in [5, 5.41) is 9.03. The second-order valence-electron chi connectivity index (χ2n) is 4.23. The Morgan fingerprint density at radius 3 is 2.30 bits per heavy atom. The minimum absolute atomic E-state index is 0.269. The van der Waals surface area contributed by atoms with Crippen molar-refractivity contribution in [3.8, 4) is 17.1 Å². The minimum Gasteiger partial charge on any atom is -0.276 e. The summed E-state index contributed by atoms with van der Waals surface area (Å²) in [6.07, 6.45) is 0. The zero-order chi connectivity index (χ0) is 13.9. The van der Waals surface area contributed by atoms with Gasteiger partial charge in [-0.25, -0.2) is 0 Å². The van der Waals surface area contributed by atoms with E-state index in [0.717, 1.165) is 17.1 Å². The smallest absolute Gasteiger partial charge is 0.168 e. The molecule has 1 aromatic heterocycles. The first kappa shape index (κ1) is 13.2. The maximum atomic E-state index is 6.28. The number of aromatic nitrogens is 3. The fraction of sp³-hybridized carbons (Fsp3) is 0.0667. The van der Waals surface area contributed by atoms with Gasteiger partial charge in [0, 0.05) is 5.56 Å². The highest BCUT2D eigenvalue weighted by Crippen LogP contribution is 2.27. The van der Waals surface area contributed by atoms with Crippen LogP contribution in [-0.2, 0) is 5.88 Å². The van der Waals surface area contributed by atoms with Gasteiger partial charge in [-0.3, -0.25) is 4.57 Å². The van der Waals surface area contributed by atoms with Crippen LogP contribution in [0.5, 0.6) is 0 Å². The molecule has 0 radical (unpaired) electrons. The summed E-state index contributed by atoms with van der Waals surface area (Å²) in [5.74, 6) is 1.67. The molecule has 0 fully saturated rings. The van der Waals surface area contributed by atoms with Crippen LogP contribution in [0.1, 0.15) is 5.82 Å². The lowest BCUT2D eigenvalue weighted by atomic mass is 10.2. The summed E-state index contributed by atoms with van der Waals surface area (Å²) in [4.78, 5) is 0. The maximum Gasteiger partial charge on any atom is 0.168 e. The van der Waals surface area contributed by atoms with Crippen molar-refractivity contribution in [2.75, 3.05) is 0 Å². The third-order valence-corrected chi connectivity index (χ3v) is 3.53. The summed E-state index contributed by atoms with van der Waals surface area (Å²) in [7, 11) is 0. The number of rotatable bonds is 3. The lowest BCUT2D eigenvalue weighted by Gasteiger charge is -2.11. The molecule has 0 aliphatic carbocycles. The molecule has 5 heteroatoms. The molecule has 3 rings (SSSR count). The topological polar surface area (TPSA) is 30.7 Å². The van der Waals surface area contributed by atoms with Crippen molar-refractivity contribution in [1.82, 2.24) is 14.8 Å². The molecule has 0 aliphatic rings. The number of hydrogen-bond donors (Lipinski definition) is 0. The van der Waals surface area contributed by atoms with Gasteiger partial charge in [0.25, 0.3) is 0 Å². The largest absolute Gasteiger partial charge is 0.276 e. The van der Waals surface area contributed by atoms with Gasteiger partial charge in [0.05, 0.1) is 16.6 Å². The standard InChI is InChI=1S/C15H11Cl2N3/c16-10-14-18-19-15(11-6-2-1-3-7-11)20(14)13-9-5-4-8-12(13)17/h1-9H,10H2. The molecule has 1 heterocycles. The second-order valence-corrected chi connectivity index (χ2v) is 4.90. The molecule has 20 heavy (non-hydrogen) atoms. The van der Waals surface area contributed by atoms with Crippen molar-refractivity contribution in [2.24, 2.45) is 0 Å². The van der Waals surface area contributed by atoms with Gasteiger partial charge in [0.1, 0.15) is 0 Å². The average Bonchev–Trinajstić information content (AvgIpc) is 2.92. The third-order valence-electron chi connectivity index (χ3n) is 2.97. The van der Waals surface area contributed by atoms with E-state index in [0.29, 0.717) is 10.8 Å². The molecule has 2 aromatic carbocycles. The molecule has 0 unspecified atom stereocenters. The number of halogens is 2. The van der Waals surface area contributed by atoms with Crippen LogP contribution in [-0.4, -0.2) is 14.8 Å². The zero-order valence-electron chi connectivity index (χ0n) is 10.5. The molecule has 0 saturated heterocycles. The summed E-state index contributed by atoms with van der Waals surface area (Å²) in [6, 6.07) is 17.4. The number of alkyl halides is 1. The van der Waals surface area contributed by atoms with Crippen molar-refractivity contribution in [2.45, 2.75) is 5.88 Å². The van der Waals surface area contributed by atoms with Crippen LogP contribution < -0.4 is 0 Å². The molecular formula is C15H11Cl2N3. The molecular weight excluding hydrogens is 293 g/mol. The third kappa shape index (κ3) is 2.30. The van der Waals surface area contributed by atoms with Gasteiger partial charge in [-0.2, -0.15) is 0 Å². The van der Waals surface area contributed by atoms with E-state index < -0.39 is 0 Å². The second kappa shape index (κ2) is 5.65. The predicted octanol–water partition coefficient (Wildman–Crippen LogP) is 4.33. The van der Waals surface area contributed by atoms with Crippen LogP contribution in [0, 0.1) is 0 Å². The summed E-state index contributed by atoms with van der Waals surface area (Å²) in [5.41, 5.74) is 1.80. The first-order valence-electron chi connectivity index (χ1n) is 6.12. The van der Waals surface area contributed by atoms with Crippen LogP contribution in [0.4, 0.5) is 0 Å². The number of hydrogen-bond acceptors (Lipinski definition) is 2. The molecule has 3 nitrogen and oxygen atoms in total. The van der Waals surface area contributed by atoms with Crippen LogP contribution in [0.15, 0.2) is 54.6 Å². The van der Waals surface area contributed by atoms with E-state index in [1.54, 1.807) is 0 Å². The Labute approximate surface area is 126 Å². The van der Waals surface area contributed by atoms with Crippen molar-refractivity contribution in [3.05, 3.63) is 65.4 Å². The highest BCUT2D eigenvalue weighted by atomic mass is 35.5. The molecule has 0 bridgehead atoms. The predicted molar refractivity (Wildman–Crippen MR) is 81.4 cm³/mol. The normalized spacial score (nSPS) is 10.7. The van der Waals surface area contributed by atoms with Gasteiger partial charge >= 0.3 is 0 Å². The van der Waals surface area contributed by atoms with Gasteiger partial charge in [-0.1, -0.05) is 54.1 Å². The van der Waals surface area contributed by atoms with Gasteiger partial charge in [-0.05, 0) is 12.1 Å². The number of para-hydroxylation sites is 1. The van der Waals surface area contributed by atoms with Crippen molar-refractivity contribution in [1.29, 1.82) is 0 Å². The zero-order valence-corrected chi connectivity index (χ0v) is 12.0. The van der Waals surface area contributed by atoms with Gasteiger partial charge in [0.2, 0.25) is 0 Å². The minimum atomic E-state index is 0.269. The van der Waals surface area contributed by atoms with Crippen LogP contribution >= 0.6 is 23.2 Å². The molecule has 100 valence electrons. The number of benzene rings is 2. The average molecular weight is 304 g/mol. The molecule has 0 atom stereocenters. The quantitative estimate of drug-likeness (QED) is 0.674. The van der Waals surface area contributed by atoms with Crippen molar-refractivity contribution < 1.29 is 0 Å². The van der Waals surface area contributed by atoms with Gasteiger partial charge in [-0.15, -0.1) is 21.8 Å². The highest BCUT2D eigenvalue weighted by molar-refractivity contribution is 6.32. The first-order chi connectivity index (χ1) is 9.81. The SMILES string of the molecule is ClCc1nnc(-c2ccccc2)n1-c1ccccc1Cl. The Hall–Kier alpha value is -1.84. The fourth-order valence-corrected chi connectivity index (χ4v) is 2.46. The van der Waals surface area contributed by atoms with Crippen molar-refractivity contribution in [3.63, 3.8) is 0 Å². The summed E-state index contributed by atoms with van der Waals surface area (Å²) >= 11 is 12.3. The van der Waals surface area contributed by atoms with E-state index in [1.165, 1.54) is 0 Å². The Morgan fingerprint density at radius 1 is 0.900 bits per heavy atom. The molecule has 0 saturated carbocycles. The molecule has 0 spiro atoms. The van der Waals surface area contributed by atoms with Crippen LogP contribution in [0.2, 0.25) is 5.02 Å². The van der Waals surface area contributed by atoms with Gasteiger partial charge in [0.15, 0.2) is 11.6 Å². The molecule has 3 aromatic rings. The van der Waals surface area contributed by atoms with Crippen LogP contribution in [0.25, 0.3) is 17.1 Å². The van der Waals surface area contributed by atoms with E-state index in [4.69, 9.17) is 23.2 Å². The van der Waals surface area contributed by atoms with E-state index in [1.807, 2.05) is 59.2 Å². The first-order valence-corrected chi connectivity index (χ1v) is 7.03. The molecule has 0 amide bonds. The fourth-order valence-electron chi connectivity index (χ4n) is 2.06. The van der Waals surface area contributed by atoms with E-state index >= 15 is 0 Å². The Morgan fingerprint density at radius 2 is 1.60 bits per heavy atom. The van der Waals surface area contributed by atoms with E-state index in [9.17, 15) is 0 Å². The highest BCUT2D eigenvalue weighted by Gasteiger charge is 2.16. The Bertz CT molecular complexity index is 723. The monoisotopic (exact) mass is 303 g/mol. The number of nitrogens with zero attached hydrogens (tertiary/aromatic N) is 3. The van der Waals surface area contributed by atoms with Crippen molar-refractivity contribution >= 4 is 23.2 Å². The van der Waals surface area contributed by atoms with E-state index in [2.05, 4.69) is 10.2 Å². The van der Waals surface area contributed by atoms with Crippen LogP contribution in [0.3, 0.4) is 0 Å². The lowest BCUT2D eigenvalue weighted by molar-refractivity contribution is 0.953. The Balaban J connectivity index is 2.24. The van der Waals surface area contributed by atoms with Gasteiger partial charge < -0.3 is 0 Å².